The Morgan fingerprint density at radius 1 is 0.629 bits per heavy atom. The molecule has 0 radical (unpaired) electrons. The van der Waals surface area contributed by atoms with E-state index in [0.29, 0.717) is 48.3 Å². The largest absolute Gasteiger partial charge is 0.462 e. The van der Waals surface area contributed by atoms with Gasteiger partial charge in [0.25, 0.3) is 0 Å². The second-order valence-electron chi connectivity index (χ2n) is 13.6. The zero-order valence-corrected chi connectivity index (χ0v) is 34.2. The van der Waals surface area contributed by atoms with Gasteiger partial charge in [0.15, 0.2) is 0 Å². The fourth-order valence-corrected chi connectivity index (χ4v) is 5.59. The molecule has 19 heteroatoms. The first-order chi connectivity index (χ1) is 29.4. The van der Waals surface area contributed by atoms with Gasteiger partial charge < -0.3 is 34.1 Å². The Morgan fingerprint density at radius 3 is 1.44 bits per heavy atom. The van der Waals surface area contributed by atoms with Crippen LogP contribution >= 0.6 is 0 Å². The summed E-state index contributed by atoms with van der Waals surface area (Å²) in [7, 11) is 4.37. The summed E-state index contributed by atoms with van der Waals surface area (Å²) in [6.07, 6.45) is -8.02. The van der Waals surface area contributed by atoms with Crippen molar-refractivity contribution in [2.24, 2.45) is 5.73 Å². The number of ether oxygens (including phenoxy) is 3. The standard InChI is InChI=1S/C21H20F3N3O3.C18H13F3N2O3.C4H11NO/c1-13(12-29-2)25-18(28)20-27-26-19(30-20)17-6-4-3-5-15(17)11-14-7-9-16(10-8-14)21(22,23)24;1-25-17(24)16-23-22-15(26-16)14-5-3-2-4-12(14)10-11-6-8-13(9-7-11)18(19,20)21;1-4(5)3-6-2/h3-10,13H,11-12H2,1-2H3,(H,25,28);2-9H,10H2,1H3;4H,3,5H2,1-2H3. The highest BCUT2D eigenvalue weighted by Crippen LogP contribution is 2.32. The van der Waals surface area contributed by atoms with Crippen LogP contribution in [0.25, 0.3) is 22.9 Å². The van der Waals surface area contributed by atoms with E-state index >= 15 is 0 Å². The summed E-state index contributed by atoms with van der Waals surface area (Å²) in [5.74, 6) is -1.43. The molecule has 0 saturated carbocycles. The third-order valence-corrected chi connectivity index (χ3v) is 8.48. The topological polar surface area (TPSA) is 178 Å². The van der Waals surface area contributed by atoms with E-state index in [1.165, 1.54) is 38.5 Å². The summed E-state index contributed by atoms with van der Waals surface area (Å²) in [6, 6.07) is 24.1. The van der Waals surface area contributed by atoms with Crippen molar-refractivity contribution >= 4 is 11.9 Å². The minimum absolute atomic E-state index is 0.132. The number of esters is 1. The lowest BCUT2D eigenvalue weighted by Crippen LogP contribution is -2.35. The predicted molar refractivity (Wildman–Crippen MR) is 214 cm³/mol. The lowest BCUT2D eigenvalue weighted by molar-refractivity contribution is -0.138. The molecule has 3 N–H and O–H groups in total. The van der Waals surface area contributed by atoms with Gasteiger partial charge in [-0.05, 0) is 85.3 Å². The van der Waals surface area contributed by atoms with Gasteiger partial charge in [0.2, 0.25) is 11.8 Å². The number of carbonyl (C=O) groups is 2. The number of hydrogen-bond acceptors (Lipinski definition) is 12. The Morgan fingerprint density at radius 2 is 1.05 bits per heavy atom. The molecule has 0 fully saturated rings. The van der Waals surface area contributed by atoms with Crippen LogP contribution in [0.1, 0.15) is 68.6 Å². The van der Waals surface area contributed by atoms with E-state index in [2.05, 4.69) is 35.2 Å². The van der Waals surface area contributed by atoms with Crippen LogP contribution in [0.3, 0.4) is 0 Å². The van der Waals surface area contributed by atoms with Crippen molar-refractivity contribution < 1.29 is 59.0 Å². The van der Waals surface area contributed by atoms with Gasteiger partial charge in [0, 0.05) is 37.4 Å². The first-order valence-corrected chi connectivity index (χ1v) is 18.7. The smallest absolute Gasteiger partial charge is 0.416 e. The lowest BCUT2D eigenvalue weighted by Gasteiger charge is -2.10. The number of benzene rings is 4. The molecule has 2 unspecified atom stereocenters. The number of alkyl halides is 6. The molecule has 13 nitrogen and oxygen atoms in total. The average Bonchev–Trinajstić information content (AvgIpc) is 3.93. The van der Waals surface area contributed by atoms with Crippen LogP contribution in [0.15, 0.2) is 106 Å². The maximum Gasteiger partial charge on any atom is 0.416 e. The number of aromatic nitrogens is 4. The summed E-state index contributed by atoms with van der Waals surface area (Å²) in [6.45, 7) is 4.67. The third-order valence-electron chi connectivity index (χ3n) is 8.48. The fraction of sp³-hybridized carbons (Fsp3) is 0.302. The van der Waals surface area contributed by atoms with Crippen molar-refractivity contribution in [3.8, 4) is 22.9 Å². The molecule has 6 aromatic rings. The highest BCUT2D eigenvalue weighted by atomic mass is 19.4. The summed E-state index contributed by atoms with van der Waals surface area (Å²) in [5.41, 5.74) is 8.01. The average molecular weight is 871 g/mol. The maximum atomic E-state index is 12.8. The minimum atomic E-state index is -4.38. The van der Waals surface area contributed by atoms with Gasteiger partial charge in [-0.2, -0.15) is 26.3 Å². The van der Waals surface area contributed by atoms with Crippen LogP contribution in [0.2, 0.25) is 0 Å². The van der Waals surface area contributed by atoms with E-state index in [4.69, 9.17) is 19.3 Å². The van der Waals surface area contributed by atoms with E-state index in [-0.39, 0.29) is 35.6 Å². The van der Waals surface area contributed by atoms with Gasteiger partial charge in [-0.25, -0.2) is 4.79 Å². The molecule has 0 spiro atoms. The Balaban J connectivity index is 0.000000243. The fourth-order valence-electron chi connectivity index (χ4n) is 5.59. The summed E-state index contributed by atoms with van der Waals surface area (Å²) < 4.78 is 101. The highest BCUT2D eigenvalue weighted by Gasteiger charge is 2.31. The highest BCUT2D eigenvalue weighted by molar-refractivity contribution is 5.90. The molecule has 2 aromatic heterocycles. The van der Waals surface area contributed by atoms with Gasteiger partial charge in [-0.1, -0.05) is 60.7 Å². The van der Waals surface area contributed by atoms with Gasteiger partial charge in [0.05, 0.1) is 31.5 Å². The molecule has 2 heterocycles. The molecule has 0 bridgehead atoms. The molecule has 330 valence electrons. The zero-order valence-electron chi connectivity index (χ0n) is 34.2. The SMILES string of the molecule is COC(=O)c1nnc(-c2ccccc2Cc2ccc(C(F)(F)F)cc2)o1.COCC(C)N.COCC(C)NC(=O)c1nnc(-c2ccccc2Cc2ccc(C(F)(F)F)cc2)o1. The molecule has 0 aliphatic heterocycles. The van der Waals surface area contributed by atoms with Gasteiger partial charge in [0.1, 0.15) is 0 Å². The van der Waals surface area contributed by atoms with Crippen LogP contribution in [0, 0.1) is 0 Å². The van der Waals surface area contributed by atoms with Crippen LogP contribution in [0.5, 0.6) is 0 Å². The van der Waals surface area contributed by atoms with Crippen molar-refractivity contribution in [1.29, 1.82) is 0 Å². The van der Waals surface area contributed by atoms with Gasteiger partial charge in [-0.15, -0.1) is 20.4 Å². The van der Waals surface area contributed by atoms with Gasteiger partial charge >= 0.3 is 36.0 Å². The Hall–Kier alpha value is -6.44. The second-order valence-corrected chi connectivity index (χ2v) is 13.6. The molecular formula is C43H44F6N6O7. The van der Waals surface area contributed by atoms with E-state index in [0.717, 1.165) is 35.4 Å². The van der Waals surface area contributed by atoms with E-state index in [1.807, 2.05) is 13.0 Å². The molecule has 0 aliphatic rings. The van der Waals surface area contributed by atoms with Crippen molar-refractivity contribution in [3.05, 3.63) is 142 Å². The number of amides is 1. The number of methoxy groups -OCH3 is 3. The molecule has 4 aromatic carbocycles. The molecule has 0 aliphatic carbocycles. The Kier molecular flexibility index (Phi) is 17.4. The molecule has 6 rings (SSSR count). The quantitative estimate of drug-likeness (QED) is 0.0841. The number of nitrogens with one attached hydrogen (secondary N) is 1. The normalized spacial score (nSPS) is 12.3. The molecule has 62 heavy (non-hydrogen) atoms. The van der Waals surface area contributed by atoms with Crippen molar-refractivity contribution in [2.45, 2.75) is 51.1 Å². The van der Waals surface area contributed by atoms with Crippen molar-refractivity contribution in [1.82, 2.24) is 25.7 Å². The second kappa shape index (κ2) is 22.4. The first-order valence-electron chi connectivity index (χ1n) is 18.7. The minimum Gasteiger partial charge on any atom is -0.462 e. The van der Waals surface area contributed by atoms with Crippen molar-refractivity contribution in [2.75, 3.05) is 34.5 Å². The number of nitrogens with two attached hydrogens (primary N) is 1. The zero-order chi connectivity index (χ0) is 45.5. The van der Waals surface area contributed by atoms with Crippen molar-refractivity contribution in [3.63, 3.8) is 0 Å². The molecule has 2 atom stereocenters. The number of nitrogens with zero attached hydrogens (tertiary/aromatic N) is 4. The third kappa shape index (κ3) is 14.3. The maximum absolute atomic E-state index is 12.8. The van der Waals surface area contributed by atoms with Crippen LogP contribution in [-0.2, 0) is 39.4 Å². The van der Waals surface area contributed by atoms with E-state index in [1.54, 1.807) is 56.5 Å². The Bertz CT molecular complexity index is 2330. The lowest BCUT2D eigenvalue weighted by atomic mass is 9.99. The number of halogens is 6. The van der Waals surface area contributed by atoms with E-state index < -0.39 is 35.4 Å². The number of hydrogen-bond donors (Lipinski definition) is 2. The first kappa shape index (κ1) is 48.2. The summed E-state index contributed by atoms with van der Waals surface area (Å²) >= 11 is 0. The van der Waals surface area contributed by atoms with Crippen LogP contribution in [-0.4, -0.2) is 78.9 Å². The van der Waals surface area contributed by atoms with Gasteiger partial charge in [-0.3, -0.25) is 4.79 Å². The number of carbonyl (C=O) groups excluding carboxylic acids is 2. The van der Waals surface area contributed by atoms with E-state index in [9.17, 15) is 35.9 Å². The summed E-state index contributed by atoms with van der Waals surface area (Å²) in [5, 5.41) is 17.9. The predicted octanol–water partition coefficient (Wildman–Crippen LogP) is 8.22. The molecule has 1 amide bonds. The molecule has 0 saturated heterocycles. The monoisotopic (exact) mass is 870 g/mol. The van der Waals surface area contributed by atoms with Crippen LogP contribution in [0.4, 0.5) is 26.3 Å². The summed E-state index contributed by atoms with van der Waals surface area (Å²) in [4.78, 5) is 23.6. The Labute approximate surface area is 352 Å². The number of rotatable bonds is 13. The molecular weight excluding hydrogens is 826 g/mol. The van der Waals surface area contributed by atoms with Crippen LogP contribution < -0.4 is 11.1 Å².